The molecule has 1 aliphatic heterocycles. The van der Waals surface area contributed by atoms with Gasteiger partial charge in [0.15, 0.2) is 0 Å². The summed E-state index contributed by atoms with van der Waals surface area (Å²) in [4.78, 5) is 28.0. The number of rotatable bonds is 8. The van der Waals surface area contributed by atoms with Crippen LogP contribution in [0.2, 0.25) is 0 Å². The lowest BCUT2D eigenvalue weighted by atomic mass is 9.92. The maximum absolute atomic E-state index is 13.3. The number of nitrogens with zero attached hydrogens (tertiary/aromatic N) is 3. The molecule has 7 heteroatoms. The number of amides is 2. The number of anilines is 1. The van der Waals surface area contributed by atoms with Crippen molar-refractivity contribution >= 4 is 17.5 Å². The topological polar surface area (TPSA) is 76.5 Å². The van der Waals surface area contributed by atoms with Crippen molar-refractivity contribution < 1.29 is 14.3 Å². The van der Waals surface area contributed by atoms with Gasteiger partial charge in [0.25, 0.3) is 0 Å². The normalized spacial score (nSPS) is 15.2. The molecular formula is C26H30N4O3. The van der Waals surface area contributed by atoms with E-state index < -0.39 is 6.04 Å². The summed E-state index contributed by atoms with van der Waals surface area (Å²) in [7, 11) is 0. The lowest BCUT2D eigenvalue weighted by Gasteiger charge is -2.36. The largest absolute Gasteiger partial charge is 0.492 e. The quantitative estimate of drug-likeness (QED) is 0.569. The minimum atomic E-state index is -0.546. The molecule has 7 nitrogen and oxygen atoms in total. The molecule has 0 aliphatic carbocycles. The molecule has 2 amide bonds. The zero-order valence-electron chi connectivity index (χ0n) is 19.1. The highest BCUT2D eigenvalue weighted by Crippen LogP contribution is 2.26. The van der Waals surface area contributed by atoms with Gasteiger partial charge in [-0.1, -0.05) is 44.2 Å². The Bertz CT molecular complexity index is 1090. The highest BCUT2D eigenvalue weighted by atomic mass is 16.5. The van der Waals surface area contributed by atoms with Crippen LogP contribution in [0.15, 0.2) is 67.0 Å². The van der Waals surface area contributed by atoms with Crippen molar-refractivity contribution in [2.75, 3.05) is 11.9 Å². The zero-order valence-corrected chi connectivity index (χ0v) is 19.1. The molecule has 0 spiro atoms. The van der Waals surface area contributed by atoms with Crippen LogP contribution in [-0.4, -0.2) is 39.1 Å². The molecule has 0 bridgehead atoms. The molecule has 1 atom stereocenters. The first-order valence-corrected chi connectivity index (χ1v) is 11.4. The number of carbonyl (C=O) groups excluding carboxylic acids is 2. The van der Waals surface area contributed by atoms with Gasteiger partial charge in [0.2, 0.25) is 11.8 Å². The van der Waals surface area contributed by atoms with Crippen LogP contribution in [0.4, 0.5) is 5.69 Å². The summed E-state index contributed by atoms with van der Waals surface area (Å²) in [6.45, 7) is 5.59. The van der Waals surface area contributed by atoms with Crippen LogP contribution in [0.5, 0.6) is 5.75 Å². The van der Waals surface area contributed by atoms with Crippen LogP contribution in [0.1, 0.15) is 31.4 Å². The Labute approximate surface area is 194 Å². The van der Waals surface area contributed by atoms with E-state index in [1.807, 2.05) is 68.6 Å². The second-order valence-corrected chi connectivity index (χ2v) is 8.74. The predicted octanol–water partition coefficient (Wildman–Crippen LogP) is 3.90. The van der Waals surface area contributed by atoms with E-state index in [0.29, 0.717) is 44.0 Å². The van der Waals surface area contributed by atoms with Gasteiger partial charge in [-0.25, -0.2) is 0 Å². The summed E-state index contributed by atoms with van der Waals surface area (Å²) in [5.41, 5.74) is 2.86. The summed E-state index contributed by atoms with van der Waals surface area (Å²) in [5, 5.41) is 7.15. The molecule has 0 saturated carbocycles. The smallest absolute Gasteiger partial charge is 0.247 e. The average molecular weight is 447 g/mol. The van der Waals surface area contributed by atoms with Crippen molar-refractivity contribution in [1.82, 2.24) is 14.7 Å². The van der Waals surface area contributed by atoms with Crippen molar-refractivity contribution in [3.8, 4) is 5.75 Å². The van der Waals surface area contributed by atoms with E-state index >= 15 is 0 Å². The van der Waals surface area contributed by atoms with Gasteiger partial charge in [0, 0.05) is 43.5 Å². The Hall–Kier alpha value is -3.61. The van der Waals surface area contributed by atoms with Gasteiger partial charge in [0.1, 0.15) is 18.4 Å². The first kappa shape index (κ1) is 22.6. The van der Waals surface area contributed by atoms with Gasteiger partial charge in [-0.05, 0) is 35.2 Å². The SMILES string of the molecule is CC(C)CC(=O)N1Cc2ccccc2CC1C(=O)Nc1cccc(OCCn2cccn2)c1. The first-order valence-electron chi connectivity index (χ1n) is 11.4. The van der Waals surface area contributed by atoms with Crippen molar-refractivity contribution in [1.29, 1.82) is 0 Å². The van der Waals surface area contributed by atoms with E-state index in [1.54, 1.807) is 21.8 Å². The Morgan fingerprint density at radius 2 is 1.94 bits per heavy atom. The van der Waals surface area contributed by atoms with Gasteiger partial charge < -0.3 is 15.0 Å². The summed E-state index contributed by atoms with van der Waals surface area (Å²) < 4.78 is 7.62. The lowest BCUT2D eigenvalue weighted by molar-refractivity contribution is -0.140. The van der Waals surface area contributed by atoms with E-state index in [2.05, 4.69) is 10.4 Å². The minimum absolute atomic E-state index is 0.00959. The minimum Gasteiger partial charge on any atom is -0.492 e. The highest BCUT2D eigenvalue weighted by molar-refractivity contribution is 5.97. The molecule has 1 N–H and O–H groups in total. The Morgan fingerprint density at radius 1 is 1.12 bits per heavy atom. The highest BCUT2D eigenvalue weighted by Gasteiger charge is 2.34. The number of ether oxygens (including phenoxy) is 1. The second-order valence-electron chi connectivity index (χ2n) is 8.74. The summed E-state index contributed by atoms with van der Waals surface area (Å²) in [5.74, 6) is 0.723. The van der Waals surface area contributed by atoms with Gasteiger partial charge in [0.05, 0.1) is 6.54 Å². The van der Waals surface area contributed by atoms with Crippen molar-refractivity contribution in [3.05, 3.63) is 78.1 Å². The van der Waals surface area contributed by atoms with Crippen LogP contribution < -0.4 is 10.1 Å². The summed E-state index contributed by atoms with van der Waals surface area (Å²) >= 11 is 0. The van der Waals surface area contributed by atoms with Crippen LogP contribution in [0.3, 0.4) is 0 Å². The third-order valence-corrected chi connectivity index (χ3v) is 5.70. The Balaban J connectivity index is 1.44. The molecule has 2 aromatic carbocycles. The maximum Gasteiger partial charge on any atom is 0.247 e. The van der Waals surface area contributed by atoms with Crippen LogP contribution in [0.25, 0.3) is 0 Å². The Morgan fingerprint density at radius 3 is 2.70 bits per heavy atom. The van der Waals surface area contributed by atoms with Gasteiger partial charge in [-0.3, -0.25) is 14.3 Å². The van der Waals surface area contributed by atoms with E-state index in [1.165, 1.54) is 0 Å². The number of nitrogens with one attached hydrogen (secondary N) is 1. The molecule has 3 aromatic rings. The van der Waals surface area contributed by atoms with E-state index in [9.17, 15) is 9.59 Å². The van der Waals surface area contributed by atoms with Crippen LogP contribution in [-0.2, 0) is 29.1 Å². The standard InChI is InChI=1S/C26H30N4O3/c1-19(2)15-25(31)30-18-21-8-4-3-7-20(21)16-24(30)26(32)28-22-9-5-10-23(17-22)33-14-13-29-12-6-11-27-29/h3-12,17,19,24H,13-16,18H2,1-2H3,(H,28,32). The number of hydrogen-bond donors (Lipinski definition) is 1. The number of carbonyl (C=O) groups is 2. The van der Waals surface area contributed by atoms with Crippen molar-refractivity contribution in [3.63, 3.8) is 0 Å². The molecular weight excluding hydrogens is 416 g/mol. The number of hydrogen-bond acceptors (Lipinski definition) is 4. The molecule has 1 aliphatic rings. The summed E-state index contributed by atoms with van der Waals surface area (Å²) in [6, 6.07) is 16.7. The molecule has 1 unspecified atom stereocenters. The molecule has 33 heavy (non-hydrogen) atoms. The molecule has 0 fully saturated rings. The lowest BCUT2D eigenvalue weighted by Crippen LogP contribution is -2.50. The van der Waals surface area contributed by atoms with E-state index in [4.69, 9.17) is 4.74 Å². The fourth-order valence-corrected chi connectivity index (χ4v) is 4.06. The molecule has 2 heterocycles. The fourth-order valence-electron chi connectivity index (χ4n) is 4.06. The van der Waals surface area contributed by atoms with Gasteiger partial charge >= 0.3 is 0 Å². The van der Waals surface area contributed by atoms with Crippen LogP contribution in [0, 0.1) is 5.92 Å². The summed E-state index contributed by atoms with van der Waals surface area (Å²) in [6.07, 6.45) is 4.54. The number of fused-ring (bicyclic) bond motifs is 1. The molecule has 1 aromatic heterocycles. The van der Waals surface area contributed by atoms with E-state index in [-0.39, 0.29) is 17.7 Å². The third kappa shape index (κ3) is 5.80. The van der Waals surface area contributed by atoms with Crippen molar-refractivity contribution in [2.24, 2.45) is 5.92 Å². The molecule has 0 radical (unpaired) electrons. The Kier molecular flexibility index (Phi) is 7.07. The number of aromatic nitrogens is 2. The zero-order chi connectivity index (χ0) is 23.2. The monoisotopic (exact) mass is 446 g/mol. The predicted molar refractivity (Wildman–Crippen MR) is 127 cm³/mol. The van der Waals surface area contributed by atoms with Crippen molar-refractivity contribution in [2.45, 2.75) is 45.8 Å². The third-order valence-electron chi connectivity index (χ3n) is 5.70. The average Bonchev–Trinajstić information content (AvgIpc) is 3.31. The van der Waals surface area contributed by atoms with Gasteiger partial charge in [-0.2, -0.15) is 5.10 Å². The van der Waals surface area contributed by atoms with E-state index in [0.717, 1.165) is 11.1 Å². The number of benzene rings is 2. The van der Waals surface area contributed by atoms with Crippen LogP contribution >= 0.6 is 0 Å². The second kappa shape index (κ2) is 10.3. The molecule has 0 saturated heterocycles. The van der Waals surface area contributed by atoms with Gasteiger partial charge in [-0.15, -0.1) is 0 Å². The first-order chi connectivity index (χ1) is 16.0. The maximum atomic E-state index is 13.3. The molecule has 4 rings (SSSR count). The molecule has 172 valence electrons. The fraction of sp³-hybridized carbons (Fsp3) is 0.346.